The zero-order valence-electron chi connectivity index (χ0n) is 53.8. The first-order chi connectivity index (χ1) is 43.3. The van der Waals surface area contributed by atoms with Crippen molar-refractivity contribution in [1.82, 2.24) is 44.9 Å². The van der Waals surface area contributed by atoms with E-state index in [1.165, 1.54) is 22.3 Å². The minimum atomic E-state index is 0.0783. The second kappa shape index (κ2) is 29.5. The fourth-order valence-electron chi connectivity index (χ4n) is 9.47. The highest BCUT2D eigenvalue weighted by Crippen LogP contribution is 2.32. The summed E-state index contributed by atoms with van der Waals surface area (Å²) in [6, 6.07) is 76.1. The van der Waals surface area contributed by atoms with Crippen LogP contribution in [0.15, 0.2) is 252 Å². The SMILES string of the molecule is Brc1ccc(-c2ccccc2)nc1.Brc1ccc(-c2ccccc2)nc1.CC(C)(C)c1ccc(-c2nc(-c3ccc(C(C)(C)C)cc3)nc(-c3ccc(-c4ccccc4)nc3)n2)cc1.CC(C)(C)c1ccc(-c2nc(Cl)nc(-c3ccc(C(C)(C)C)cc3)n2)cc1. The van der Waals surface area contributed by atoms with Crippen LogP contribution in [0.5, 0.6) is 0 Å². The summed E-state index contributed by atoms with van der Waals surface area (Å²) < 4.78 is 2.01. The average Bonchev–Trinajstić information content (AvgIpc) is 1.02. The molecule has 0 bridgehead atoms. The summed E-state index contributed by atoms with van der Waals surface area (Å²) in [4.78, 5) is 41.3. The van der Waals surface area contributed by atoms with Crippen molar-refractivity contribution < 1.29 is 0 Å². The Morgan fingerprint density at radius 2 is 0.473 bits per heavy atom. The molecule has 0 aliphatic heterocycles. The molecule has 0 saturated carbocycles. The van der Waals surface area contributed by atoms with E-state index in [1.807, 2.05) is 134 Å². The van der Waals surface area contributed by atoms with E-state index in [4.69, 9.17) is 31.5 Å². The van der Waals surface area contributed by atoms with Crippen molar-refractivity contribution in [3.63, 3.8) is 0 Å². The van der Waals surface area contributed by atoms with E-state index in [2.05, 4.69) is 249 Å². The number of aromatic nitrogens is 9. The standard InChI is InChI=1S/C34H34N4.C23H26ClN3.2C11H8BrN/c1-33(2,3)27-17-12-24(13-18-27)30-36-31(25-14-19-28(20-15-25)34(4,5)6)38-32(37-30)26-16-21-29(35-22-26)23-10-8-7-9-11-23;1-22(2,3)17-11-7-15(8-12-17)19-25-20(27-21(24)26-19)16-9-13-18(14-10-16)23(4,5)6;2*12-10-6-7-11(13-8-10)9-4-2-1-3-5-9/h7-22H,1-6H3;7-14H,1-6H3;2*1-8H. The molecule has 0 spiro atoms. The van der Waals surface area contributed by atoms with Crippen molar-refractivity contribution in [3.05, 3.63) is 280 Å². The third-order valence-electron chi connectivity index (χ3n) is 15.0. The van der Waals surface area contributed by atoms with Crippen LogP contribution < -0.4 is 0 Å². The summed E-state index contributed by atoms with van der Waals surface area (Å²) in [6.07, 6.45) is 5.46. The summed E-state index contributed by atoms with van der Waals surface area (Å²) >= 11 is 12.9. The lowest BCUT2D eigenvalue weighted by molar-refractivity contribution is 0.590. The normalized spacial score (nSPS) is 11.5. The molecule has 9 nitrogen and oxygen atoms in total. The van der Waals surface area contributed by atoms with Crippen LogP contribution in [-0.4, -0.2) is 44.9 Å². The maximum atomic E-state index is 6.20. The van der Waals surface area contributed by atoms with E-state index in [-0.39, 0.29) is 26.9 Å². The van der Waals surface area contributed by atoms with Gasteiger partial charge in [0.2, 0.25) is 5.28 Å². The highest BCUT2D eigenvalue weighted by atomic mass is 79.9. The van der Waals surface area contributed by atoms with E-state index in [0.29, 0.717) is 29.1 Å². The lowest BCUT2D eigenvalue weighted by atomic mass is 9.86. The van der Waals surface area contributed by atoms with Gasteiger partial charge >= 0.3 is 0 Å². The van der Waals surface area contributed by atoms with Crippen molar-refractivity contribution in [2.45, 2.75) is 105 Å². The van der Waals surface area contributed by atoms with Crippen LogP contribution in [0.25, 0.3) is 90.7 Å². The number of rotatable bonds is 8. The smallest absolute Gasteiger partial charge is 0.226 e. The largest absolute Gasteiger partial charge is 0.255 e. The van der Waals surface area contributed by atoms with Gasteiger partial charge in [0.05, 0.1) is 17.1 Å². The van der Waals surface area contributed by atoms with Gasteiger partial charge in [-0.3, -0.25) is 15.0 Å². The van der Waals surface area contributed by atoms with Crippen LogP contribution in [-0.2, 0) is 21.7 Å². The third kappa shape index (κ3) is 18.7. The molecule has 0 saturated heterocycles. The molecular weight excluding hydrogens is 1270 g/mol. The molecule has 12 aromatic rings. The molecule has 0 radical (unpaired) electrons. The number of pyridine rings is 3. The molecule has 12 heteroatoms. The highest BCUT2D eigenvalue weighted by molar-refractivity contribution is 9.10. The number of benzene rings is 7. The van der Waals surface area contributed by atoms with Crippen LogP contribution in [0.4, 0.5) is 0 Å². The van der Waals surface area contributed by atoms with Crippen molar-refractivity contribution in [3.8, 4) is 90.7 Å². The molecule has 7 aromatic carbocycles. The Hall–Kier alpha value is -8.74. The first-order valence-corrected chi connectivity index (χ1v) is 32.3. The molecular formula is C79H76Br2ClN9. The van der Waals surface area contributed by atoms with Gasteiger partial charge in [-0.05, 0) is 124 Å². The minimum absolute atomic E-state index is 0.0783. The van der Waals surface area contributed by atoms with Crippen molar-refractivity contribution in [2.75, 3.05) is 0 Å². The predicted molar refractivity (Wildman–Crippen MR) is 385 cm³/mol. The maximum Gasteiger partial charge on any atom is 0.226 e. The Bertz CT molecular complexity index is 4030. The van der Waals surface area contributed by atoms with E-state index in [0.717, 1.165) is 70.5 Å². The summed E-state index contributed by atoms with van der Waals surface area (Å²) in [5.41, 5.74) is 16.4. The molecule has 458 valence electrons. The van der Waals surface area contributed by atoms with Gasteiger partial charge in [-0.15, -0.1) is 0 Å². The van der Waals surface area contributed by atoms with E-state index in [1.54, 1.807) is 0 Å². The highest BCUT2D eigenvalue weighted by Gasteiger charge is 2.20. The first-order valence-electron chi connectivity index (χ1n) is 30.3. The van der Waals surface area contributed by atoms with Crippen LogP contribution in [0.3, 0.4) is 0 Å². The van der Waals surface area contributed by atoms with Crippen molar-refractivity contribution >= 4 is 43.5 Å². The monoisotopic (exact) mass is 1340 g/mol. The Morgan fingerprint density at radius 1 is 0.242 bits per heavy atom. The van der Waals surface area contributed by atoms with Gasteiger partial charge in [-0.2, -0.15) is 9.97 Å². The zero-order valence-corrected chi connectivity index (χ0v) is 57.7. The Morgan fingerprint density at radius 3 is 0.703 bits per heavy atom. The molecule has 0 unspecified atom stereocenters. The van der Waals surface area contributed by atoms with Gasteiger partial charge in [-0.25, -0.2) is 19.9 Å². The molecule has 0 fully saturated rings. The third-order valence-corrected chi connectivity index (χ3v) is 16.1. The van der Waals surface area contributed by atoms with Crippen LogP contribution >= 0.6 is 43.5 Å². The van der Waals surface area contributed by atoms with Gasteiger partial charge in [-0.1, -0.05) is 271 Å². The van der Waals surface area contributed by atoms with Gasteiger partial charge in [0.1, 0.15) is 0 Å². The quantitative estimate of drug-likeness (QED) is 0.147. The molecule has 0 atom stereocenters. The molecule has 0 aliphatic rings. The number of hydrogen-bond acceptors (Lipinski definition) is 9. The van der Waals surface area contributed by atoms with E-state index >= 15 is 0 Å². The predicted octanol–water partition coefficient (Wildman–Crippen LogP) is 22.0. The topological polar surface area (TPSA) is 116 Å². The lowest BCUT2D eigenvalue weighted by Gasteiger charge is -2.19. The second-order valence-electron chi connectivity index (χ2n) is 26.1. The second-order valence-corrected chi connectivity index (χ2v) is 28.3. The fraction of sp³-hybridized carbons (Fsp3) is 0.203. The summed E-state index contributed by atoms with van der Waals surface area (Å²) in [5.74, 6) is 3.09. The van der Waals surface area contributed by atoms with Crippen LogP contribution in [0.2, 0.25) is 5.28 Å². The summed E-state index contributed by atoms with van der Waals surface area (Å²) in [6.45, 7) is 26.5. The summed E-state index contributed by atoms with van der Waals surface area (Å²) in [5, 5.41) is 0.204. The number of nitrogens with zero attached hydrogens (tertiary/aromatic N) is 9. The first kappa shape index (κ1) is 66.7. The molecule has 91 heavy (non-hydrogen) atoms. The van der Waals surface area contributed by atoms with Gasteiger partial charge in [0, 0.05) is 72.0 Å². The van der Waals surface area contributed by atoms with Gasteiger partial charge in [0.25, 0.3) is 0 Å². The van der Waals surface area contributed by atoms with Gasteiger partial charge in [0.15, 0.2) is 29.1 Å². The van der Waals surface area contributed by atoms with E-state index in [9.17, 15) is 0 Å². The number of halogens is 3. The Kier molecular flexibility index (Phi) is 21.6. The molecule has 0 amide bonds. The van der Waals surface area contributed by atoms with Crippen LogP contribution in [0, 0.1) is 0 Å². The van der Waals surface area contributed by atoms with Crippen LogP contribution in [0.1, 0.15) is 105 Å². The van der Waals surface area contributed by atoms with Crippen molar-refractivity contribution in [1.29, 1.82) is 0 Å². The number of hydrogen-bond donors (Lipinski definition) is 0. The Balaban J connectivity index is 0.000000159. The Labute approximate surface area is 559 Å². The fourth-order valence-corrected chi connectivity index (χ4v) is 10.1. The molecule has 12 rings (SSSR count). The zero-order chi connectivity index (χ0) is 64.9. The minimum Gasteiger partial charge on any atom is -0.255 e. The molecule has 0 N–H and O–H groups in total. The van der Waals surface area contributed by atoms with Crippen molar-refractivity contribution in [2.24, 2.45) is 0 Å². The molecule has 5 heterocycles. The van der Waals surface area contributed by atoms with E-state index < -0.39 is 0 Å². The summed E-state index contributed by atoms with van der Waals surface area (Å²) in [7, 11) is 0. The molecule has 0 aliphatic carbocycles. The lowest BCUT2D eigenvalue weighted by Crippen LogP contribution is -2.10. The van der Waals surface area contributed by atoms with Gasteiger partial charge < -0.3 is 0 Å². The molecule has 5 aromatic heterocycles. The average molecular weight is 1350 g/mol. The maximum absolute atomic E-state index is 6.20.